The Morgan fingerprint density at radius 1 is 1.47 bits per heavy atom. The summed E-state index contributed by atoms with van der Waals surface area (Å²) in [6.45, 7) is 2.90. The second-order valence-electron chi connectivity index (χ2n) is 4.02. The van der Waals surface area contributed by atoms with E-state index in [4.69, 9.17) is 4.74 Å². The van der Waals surface area contributed by atoms with Gasteiger partial charge in [-0.3, -0.25) is 0 Å². The molecule has 2 rings (SSSR count). The van der Waals surface area contributed by atoms with E-state index in [2.05, 4.69) is 11.4 Å². The molecule has 1 aliphatic rings. The van der Waals surface area contributed by atoms with Gasteiger partial charge in [0.05, 0.1) is 19.3 Å². The van der Waals surface area contributed by atoms with Gasteiger partial charge in [0.2, 0.25) is 0 Å². The van der Waals surface area contributed by atoms with E-state index in [0.29, 0.717) is 0 Å². The van der Waals surface area contributed by atoms with Gasteiger partial charge < -0.3 is 15.2 Å². The van der Waals surface area contributed by atoms with Crippen molar-refractivity contribution in [1.29, 1.82) is 0 Å². The van der Waals surface area contributed by atoms with Crippen LogP contribution in [-0.4, -0.2) is 24.9 Å². The Kier molecular flexibility index (Phi) is 2.93. The minimum absolute atomic E-state index is 0.0783. The van der Waals surface area contributed by atoms with Crippen LogP contribution in [0.3, 0.4) is 0 Å². The molecule has 0 aromatic heterocycles. The van der Waals surface area contributed by atoms with Crippen LogP contribution in [0.25, 0.3) is 0 Å². The number of methoxy groups -OCH3 is 1. The van der Waals surface area contributed by atoms with E-state index in [0.717, 1.165) is 29.8 Å². The van der Waals surface area contributed by atoms with Gasteiger partial charge in [-0.25, -0.2) is 0 Å². The normalized spacial score (nSPS) is 25.5. The van der Waals surface area contributed by atoms with Gasteiger partial charge in [-0.1, -0.05) is 12.1 Å². The largest absolute Gasteiger partial charge is 0.496 e. The average Bonchev–Trinajstić information content (AvgIpc) is 2.64. The number of aliphatic hydroxyl groups is 1. The van der Waals surface area contributed by atoms with Gasteiger partial charge in [0, 0.05) is 0 Å². The third kappa shape index (κ3) is 1.98. The van der Waals surface area contributed by atoms with Gasteiger partial charge in [-0.2, -0.15) is 0 Å². The highest BCUT2D eigenvalue weighted by atomic mass is 16.5. The lowest BCUT2D eigenvalue weighted by Crippen LogP contribution is -2.20. The quantitative estimate of drug-likeness (QED) is 0.770. The summed E-state index contributed by atoms with van der Waals surface area (Å²) in [6.07, 6.45) is 0.563. The summed E-state index contributed by atoms with van der Waals surface area (Å²) in [4.78, 5) is 0. The first-order chi connectivity index (χ1) is 7.22. The molecule has 3 nitrogen and oxygen atoms in total. The molecule has 82 valence electrons. The summed E-state index contributed by atoms with van der Waals surface area (Å²) < 4.78 is 5.21. The molecule has 1 aromatic rings. The fraction of sp³-hybridized carbons (Fsp3) is 0.500. The number of aliphatic hydroxyl groups excluding tert-OH is 1. The zero-order valence-electron chi connectivity index (χ0n) is 9.16. The van der Waals surface area contributed by atoms with Crippen LogP contribution < -0.4 is 10.1 Å². The molecule has 2 N–H and O–H groups in total. The highest BCUT2D eigenvalue weighted by molar-refractivity contribution is 5.38. The van der Waals surface area contributed by atoms with E-state index >= 15 is 0 Å². The molecule has 0 saturated carbocycles. The van der Waals surface area contributed by atoms with Crippen LogP contribution in [0.15, 0.2) is 18.2 Å². The summed E-state index contributed by atoms with van der Waals surface area (Å²) >= 11 is 0. The summed E-state index contributed by atoms with van der Waals surface area (Å²) in [6, 6.07) is 6.12. The summed E-state index contributed by atoms with van der Waals surface area (Å²) in [7, 11) is 1.67. The average molecular weight is 207 g/mol. The molecular weight excluding hydrogens is 190 g/mol. The van der Waals surface area contributed by atoms with Crippen molar-refractivity contribution in [1.82, 2.24) is 5.32 Å². The third-order valence-electron chi connectivity index (χ3n) is 2.97. The van der Waals surface area contributed by atoms with Crippen molar-refractivity contribution < 1.29 is 9.84 Å². The maximum absolute atomic E-state index is 9.77. The van der Waals surface area contributed by atoms with Crippen LogP contribution in [0, 0.1) is 6.92 Å². The fourth-order valence-electron chi connectivity index (χ4n) is 2.12. The van der Waals surface area contributed by atoms with Gasteiger partial charge in [-0.15, -0.1) is 0 Å². The first kappa shape index (κ1) is 10.5. The molecule has 0 amide bonds. The van der Waals surface area contributed by atoms with Crippen molar-refractivity contribution in [2.24, 2.45) is 0 Å². The van der Waals surface area contributed by atoms with Crippen molar-refractivity contribution in [3.63, 3.8) is 0 Å². The standard InChI is InChI=1S/C12H17NO2/c1-8-7-9(3-4-11(8)15-2)12-10(14)5-6-13-12/h3-4,7,10,12-14H,5-6H2,1-2H3. The van der Waals surface area contributed by atoms with Crippen LogP contribution in [0.1, 0.15) is 23.6 Å². The van der Waals surface area contributed by atoms with Gasteiger partial charge in [0.1, 0.15) is 5.75 Å². The zero-order chi connectivity index (χ0) is 10.8. The predicted octanol–water partition coefficient (Wildman–Crippen LogP) is 1.40. The van der Waals surface area contributed by atoms with Crippen LogP contribution in [0.2, 0.25) is 0 Å². The number of rotatable bonds is 2. The van der Waals surface area contributed by atoms with Crippen molar-refractivity contribution in [2.75, 3.05) is 13.7 Å². The molecule has 1 fully saturated rings. The van der Waals surface area contributed by atoms with E-state index in [1.165, 1.54) is 0 Å². The van der Waals surface area contributed by atoms with Crippen molar-refractivity contribution in [3.05, 3.63) is 29.3 Å². The molecule has 0 radical (unpaired) electrons. The minimum atomic E-state index is -0.266. The number of hydrogen-bond donors (Lipinski definition) is 2. The Balaban J connectivity index is 2.25. The lowest BCUT2D eigenvalue weighted by molar-refractivity contribution is 0.160. The van der Waals surface area contributed by atoms with Crippen LogP contribution >= 0.6 is 0 Å². The Morgan fingerprint density at radius 3 is 2.80 bits per heavy atom. The van der Waals surface area contributed by atoms with E-state index in [9.17, 15) is 5.11 Å². The molecule has 1 heterocycles. The highest BCUT2D eigenvalue weighted by Crippen LogP contribution is 2.27. The first-order valence-electron chi connectivity index (χ1n) is 5.28. The van der Waals surface area contributed by atoms with E-state index in [1.807, 2.05) is 19.1 Å². The highest BCUT2D eigenvalue weighted by Gasteiger charge is 2.26. The summed E-state index contributed by atoms with van der Waals surface area (Å²) in [5, 5.41) is 13.1. The van der Waals surface area contributed by atoms with Crippen LogP contribution in [0.5, 0.6) is 5.75 Å². The Labute approximate surface area is 90.1 Å². The van der Waals surface area contributed by atoms with Crippen molar-refractivity contribution in [3.8, 4) is 5.75 Å². The molecule has 0 spiro atoms. The number of ether oxygens (including phenoxy) is 1. The molecule has 3 heteroatoms. The van der Waals surface area contributed by atoms with E-state index in [-0.39, 0.29) is 12.1 Å². The summed E-state index contributed by atoms with van der Waals surface area (Å²) in [5.74, 6) is 0.895. The van der Waals surface area contributed by atoms with Crippen molar-refractivity contribution >= 4 is 0 Å². The number of benzene rings is 1. The molecule has 0 aliphatic carbocycles. The maximum atomic E-state index is 9.77. The molecule has 2 unspecified atom stereocenters. The molecule has 2 atom stereocenters. The van der Waals surface area contributed by atoms with Crippen LogP contribution in [0.4, 0.5) is 0 Å². The summed E-state index contributed by atoms with van der Waals surface area (Å²) in [5.41, 5.74) is 2.24. The third-order valence-corrected chi connectivity index (χ3v) is 2.97. The topological polar surface area (TPSA) is 41.5 Å². The molecule has 1 aliphatic heterocycles. The predicted molar refractivity (Wildman–Crippen MR) is 59.1 cm³/mol. The van der Waals surface area contributed by atoms with E-state index in [1.54, 1.807) is 7.11 Å². The van der Waals surface area contributed by atoms with E-state index < -0.39 is 0 Å². The monoisotopic (exact) mass is 207 g/mol. The number of nitrogens with one attached hydrogen (secondary N) is 1. The maximum Gasteiger partial charge on any atom is 0.121 e. The Morgan fingerprint density at radius 2 is 2.27 bits per heavy atom. The number of aryl methyl sites for hydroxylation is 1. The van der Waals surface area contributed by atoms with Gasteiger partial charge >= 0.3 is 0 Å². The lowest BCUT2D eigenvalue weighted by Gasteiger charge is -2.16. The Hall–Kier alpha value is -1.06. The van der Waals surface area contributed by atoms with Gasteiger partial charge in [0.25, 0.3) is 0 Å². The zero-order valence-corrected chi connectivity index (χ0v) is 9.16. The minimum Gasteiger partial charge on any atom is -0.496 e. The fourth-order valence-corrected chi connectivity index (χ4v) is 2.12. The lowest BCUT2D eigenvalue weighted by atomic mass is 10.0. The second kappa shape index (κ2) is 4.21. The number of hydrogen-bond acceptors (Lipinski definition) is 3. The molecule has 15 heavy (non-hydrogen) atoms. The molecule has 0 bridgehead atoms. The van der Waals surface area contributed by atoms with Crippen molar-refractivity contribution in [2.45, 2.75) is 25.5 Å². The molecular formula is C12H17NO2. The SMILES string of the molecule is COc1ccc(C2NCCC2O)cc1C. The molecule has 1 aromatic carbocycles. The Bertz CT molecular complexity index is 351. The van der Waals surface area contributed by atoms with Gasteiger partial charge in [-0.05, 0) is 37.1 Å². The second-order valence-corrected chi connectivity index (χ2v) is 4.02. The first-order valence-corrected chi connectivity index (χ1v) is 5.28. The smallest absolute Gasteiger partial charge is 0.121 e. The van der Waals surface area contributed by atoms with Crippen LogP contribution in [-0.2, 0) is 0 Å². The molecule has 1 saturated heterocycles. The van der Waals surface area contributed by atoms with Gasteiger partial charge in [0.15, 0.2) is 0 Å².